The van der Waals surface area contributed by atoms with E-state index in [1.807, 2.05) is 0 Å². The molecule has 2 N–H and O–H groups in total. The topological polar surface area (TPSA) is 138 Å². The molecular weight excluding hydrogens is 639 g/mol. The number of carboxylic acids is 1. The summed E-state index contributed by atoms with van der Waals surface area (Å²) < 4.78 is 43.2. The Morgan fingerprint density at radius 2 is 1.77 bits per heavy atom. The van der Waals surface area contributed by atoms with Crippen LogP contribution in [-0.2, 0) is 19.2 Å². The lowest BCUT2D eigenvalue weighted by Crippen LogP contribution is -2.39. The van der Waals surface area contributed by atoms with Gasteiger partial charge in [0, 0.05) is 28.7 Å². The third-order valence-electron chi connectivity index (χ3n) is 8.23. The smallest absolute Gasteiger partial charge is 0.508 e. The number of nitrogens with zero attached hydrogens (tertiary/aromatic N) is 1. The number of amides is 2. The number of hydrogen-bond acceptors (Lipinski definition) is 7. The van der Waals surface area contributed by atoms with Crippen molar-refractivity contribution in [2.75, 3.05) is 4.90 Å². The van der Waals surface area contributed by atoms with E-state index in [0.717, 1.165) is 29.2 Å². The molecule has 43 heavy (non-hydrogen) atoms. The summed E-state index contributed by atoms with van der Waals surface area (Å²) in [7, 11) is 0. The highest BCUT2D eigenvalue weighted by Gasteiger charge is 2.57. The first-order valence-electron chi connectivity index (χ1n) is 13.0. The first kappa shape index (κ1) is 28.6. The number of ketones is 2. The van der Waals surface area contributed by atoms with E-state index in [0.29, 0.717) is 5.57 Å². The van der Waals surface area contributed by atoms with E-state index in [9.17, 15) is 47.4 Å². The van der Waals surface area contributed by atoms with E-state index >= 15 is 0 Å². The number of allylic oxidation sites excluding steroid dienone is 6. The second-order valence-corrected chi connectivity index (χ2v) is 11.4. The molecule has 0 unspecified atom stereocenters. The highest BCUT2D eigenvalue weighted by Crippen LogP contribution is 2.57. The molecule has 3 aliphatic carbocycles. The van der Waals surface area contributed by atoms with Crippen LogP contribution < -0.4 is 9.64 Å². The lowest BCUT2D eigenvalue weighted by molar-refractivity contribution is -0.274. The van der Waals surface area contributed by atoms with Gasteiger partial charge in [-0.2, -0.15) is 0 Å². The minimum atomic E-state index is -5.05. The van der Waals surface area contributed by atoms with Crippen LogP contribution in [0.25, 0.3) is 0 Å². The summed E-state index contributed by atoms with van der Waals surface area (Å²) in [5, 5.41) is 20.2. The zero-order valence-corrected chi connectivity index (χ0v) is 23.3. The maximum atomic E-state index is 13.9. The fourth-order valence-corrected chi connectivity index (χ4v) is 7.00. The quantitative estimate of drug-likeness (QED) is 0.267. The van der Waals surface area contributed by atoms with Crippen LogP contribution in [-0.4, -0.2) is 45.9 Å². The maximum Gasteiger partial charge on any atom is 0.573 e. The number of anilines is 1. The number of aromatic hydroxyl groups is 1. The van der Waals surface area contributed by atoms with Gasteiger partial charge < -0.3 is 14.9 Å². The first-order chi connectivity index (χ1) is 20.3. The molecular formula is C30H19BrF3NO8. The Labute approximate surface area is 249 Å². The van der Waals surface area contributed by atoms with Crippen LogP contribution in [0.2, 0.25) is 0 Å². The van der Waals surface area contributed by atoms with Gasteiger partial charge in [-0.15, -0.1) is 13.2 Å². The molecule has 0 radical (unpaired) electrons. The molecule has 2 aromatic carbocycles. The summed E-state index contributed by atoms with van der Waals surface area (Å²) in [4.78, 5) is 66.6. The van der Waals surface area contributed by atoms with E-state index < -0.39 is 70.9 Å². The highest BCUT2D eigenvalue weighted by atomic mass is 79.9. The number of benzene rings is 2. The number of fused-ring (bicyclic) bond motifs is 3. The van der Waals surface area contributed by atoms with Crippen LogP contribution in [0.3, 0.4) is 0 Å². The van der Waals surface area contributed by atoms with Crippen molar-refractivity contribution in [3.05, 3.63) is 86.9 Å². The van der Waals surface area contributed by atoms with E-state index in [4.69, 9.17) is 0 Å². The van der Waals surface area contributed by atoms with E-state index in [-0.39, 0.29) is 45.3 Å². The highest BCUT2D eigenvalue weighted by molar-refractivity contribution is 9.12. The lowest BCUT2D eigenvalue weighted by atomic mass is 9.59. The van der Waals surface area contributed by atoms with Crippen LogP contribution in [0.5, 0.6) is 11.5 Å². The molecule has 13 heteroatoms. The molecule has 0 bridgehead atoms. The third-order valence-corrected chi connectivity index (χ3v) is 8.82. The molecule has 9 nitrogen and oxygen atoms in total. The van der Waals surface area contributed by atoms with Gasteiger partial charge in [-0.25, -0.2) is 4.79 Å². The van der Waals surface area contributed by atoms with Gasteiger partial charge >= 0.3 is 12.3 Å². The molecule has 1 saturated heterocycles. The van der Waals surface area contributed by atoms with Gasteiger partial charge in [0.05, 0.1) is 27.6 Å². The number of aromatic carboxylic acids is 1. The predicted molar refractivity (Wildman–Crippen MR) is 145 cm³/mol. The van der Waals surface area contributed by atoms with E-state index in [2.05, 4.69) is 20.7 Å². The summed E-state index contributed by atoms with van der Waals surface area (Å²) in [5.41, 5.74) is 0.145. The number of ether oxygens (including phenoxy) is 1. The molecule has 0 saturated carbocycles. The molecule has 6 rings (SSSR count). The molecule has 0 spiro atoms. The Kier molecular flexibility index (Phi) is 6.68. The number of carboxylic acid groups (broad SMARTS) is 1. The van der Waals surface area contributed by atoms with Crippen molar-refractivity contribution in [3.63, 3.8) is 0 Å². The molecule has 1 aliphatic heterocycles. The van der Waals surface area contributed by atoms with Crippen molar-refractivity contribution in [3.8, 4) is 11.5 Å². The SMILES string of the molecule is O=C1C=C(Br)C(=O)C2=C1[C@@H](c1cc(OC(F)(F)F)ccc1O)C1=CC[C@@H]3C(=O)N(c4cccc(C(=O)O)c4)C(=O)[C@@H]3[C@@H]1C2. The second-order valence-electron chi connectivity index (χ2n) is 10.5. The van der Waals surface area contributed by atoms with Crippen molar-refractivity contribution in [2.45, 2.75) is 25.1 Å². The average Bonchev–Trinajstić information content (AvgIpc) is 3.20. The van der Waals surface area contributed by atoms with Gasteiger partial charge in [-0.05, 0) is 71.1 Å². The van der Waals surface area contributed by atoms with Gasteiger partial charge in [0.25, 0.3) is 0 Å². The third kappa shape index (κ3) is 4.67. The number of phenols is 1. The van der Waals surface area contributed by atoms with Gasteiger partial charge in [-0.1, -0.05) is 17.7 Å². The van der Waals surface area contributed by atoms with Crippen LogP contribution in [0.1, 0.15) is 34.7 Å². The monoisotopic (exact) mass is 657 g/mol. The summed E-state index contributed by atoms with van der Waals surface area (Å²) in [6.45, 7) is 0. The summed E-state index contributed by atoms with van der Waals surface area (Å²) in [6.07, 6.45) is -2.46. The number of Topliss-reactive ketones (excluding diaryl/α,β-unsaturated/α-hetero) is 1. The molecule has 1 fully saturated rings. The predicted octanol–water partition coefficient (Wildman–Crippen LogP) is 4.96. The van der Waals surface area contributed by atoms with Crippen LogP contribution in [0, 0.1) is 17.8 Å². The zero-order valence-electron chi connectivity index (χ0n) is 21.7. The van der Waals surface area contributed by atoms with Crippen molar-refractivity contribution < 1.29 is 52.1 Å². The Bertz CT molecular complexity index is 1760. The number of alkyl halides is 3. The van der Waals surface area contributed by atoms with Crippen molar-refractivity contribution >= 4 is 51.0 Å². The number of carbonyl (C=O) groups excluding carboxylic acids is 4. The normalized spacial score (nSPS) is 25.2. The first-order valence-corrected chi connectivity index (χ1v) is 13.7. The largest absolute Gasteiger partial charge is 0.573 e. The fraction of sp³-hybridized carbons (Fsp3) is 0.233. The van der Waals surface area contributed by atoms with Gasteiger partial charge in [-0.3, -0.25) is 24.1 Å². The summed E-state index contributed by atoms with van der Waals surface area (Å²) in [6, 6.07) is 8.15. The zero-order chi connectivity index (χ0) is 31.0. The Balaban J connectivity index is 1.48. The van der Waals surface area contributed by atoms with Crippen LogP contribution in [0.15, 0.2) is 75.8 Å². The van der Waals surface area contributed by atoms with Crippen molar-refractivity contribution in [1.29, 1.82) is 0 Å². The molecule has 2 aromatic rings. The molecule has 1 heterocycles. The fourth-order valence-electron chi connectivity index (χ4n) is 6.56. The molecule has 4 aliphatic rings. The molecule has 0 aromatic heterocycles. The summed E-state index contributed by atoms with van der Waals surface area (Å²) >= 11 is 3.09. The molecule has 2 amide bonds. The lowest BCUT2D eigenvalue weighted by Gasteiger charge is -2.42. The Morgan fingerprint density at radius 1 is 1.02 bits per heavy atom. The molecule has 220 valence electrons. The standard InChI is InChI=1S/C30H19BrF3NO8/c31-20-11-22(37)25-19(26(20)38)10-17-15(23(25)18-9-14(4-7-21(18)36)43-30(32,33)34)5-6-16-24(17)28(40)35(27(16)39)13-3-1-2-12(8-13)29(41)42/h1-5,7-9,11,16-17,23-24,36H,6,10H2,(H,41,42)/t16-,17+,23+,24-/m0/s1. The number of halogens is 4. The Morgan fingerprint density at radius 3 is 2.47 bits per heavy atom. The van der Waals surface area contributed by atoms with Crippen molar-refractivity contribution in [1.82, 2.24) is 0 Å². The van der Waals surface area contributed by atoms with Gasteiger partial charge in [0.1, 0.15) is 11.5 Å². The van der Waals surface area contributed by atoms with Crippen molar-refractivity contribution in [2.24, 2.45) is 17.8 Å². The number of imide groups is 1. The van der Waals surface area contributed by atoms with Crippen LogP contribution in [0.4, 0.5) is 18.9 Å². The average molecular weight is 658 g/mol. The maximum absolute atomic E-state index is 13.9. The molecule has 4 atom stereocenters. The van der Waals surface area contributed by atoms with E-state index in [1.165, 1.54) is 24.3 Å². The van der Waals surface area contributed by atoms with Gasteiger partial charge in [0.15, 0.2) is 11.6 Å². The number of carbonyl (C=O) groups is 5. The Hall–Kier alpha value is -4.52. The van der Waals surface area contributed by atoms with E-state index in [1.54, 1.807) is 6.08 Å². The van der Waals surface area contributed by atoms with Crippen LogP contribution >= 0.6 is 15.9 Å². The van der Waals surface area contributed by atoms with Gasteiger partial charge in [0.2, 0.25) is 11.8 Å². The summed E-state index contributed by atoms with van der Waals surface area (Å²) in [5.74, 6) is -8.72. The minimum Gasteiger partial charge on any atom is -0.508 e. The number of phenolic OH excluding ortho intramolecular Hbond substituents is 1. The minimum absolute atomic E-state index is 0.0142. The number of hydrogen-bond donors (Lipinski definition) is 2. The number of rotatable bonds is 4. The second kappa shape index (κ2) is 10.0.